The van der Waals surface area contributed by atoms with Crippen molar-refractivity contribution in [1.82, 2.24) is 9.97 Å². The maximum Gasteiger partial charge on any atom is 0.263 e. The van der Waals surface area contributed by atoms with E-state index in [2.05, 4.69) is 20.0 Å². The zero-order chi connectivity index (χ0) is 22.0. The molecule has 0 atom stereocenters. The molecule has 0 spiro atoms. The molecule has 0 radical (unpaired) electrons. The summed E-state index contributed by atoms with van der Waals surface area (Å²) in [6.07, 6.45) is 5.56. The minimum Gasteiger partial charge on any atom is -0.302 e. The first-order chi connectivity index (χ1) is 14.8. The van der Waals surface area contributed by atoms with Crippen LogP contribution in [0.4, 0.5) is 10.9 Å². The van der Waals surface area contributed by atoms with Gasteiger partial charge in [0.1, 0.15) is 5.82 Å². The van der Waals surface area contributed by atoms with Crippen LogP contribution in [0.2, 0.25) is 0 Å². The van der Waals surface area contributed by atoms with E-state index in [0.29, 0.717) is 10.7 Å². The first-order valence-corrected chi connectivity index (χ1v) is 12.5. The van der Waals surface area contributed by atoms with Gasteiger partial charge in [-0.2, -0.15) is 0 Å². The fourth-order valence-electron chi connectivity index (χ4n) is 3.76. The molecule has 1 aliphatic carbocycles. The van der Waals surface area contributed by atoms with E-state index >= 15 is 0 Å². The van der Waals surface area contributed by atoms with Crippen LogP contribution < -0.4 is 10.0 Å². The Morgan fingerprint density at radius 2 is 1.90 bits per heavy atom. The lowest BCUT2D eigenvalue weighted by Crippen LogP contribution is -2.20. The summed E-state index contributed by atoms with van der Waals surface area (Å²) in [4.78, 5) is 22.0. The molecule has 0 saturated heterocycles. The predicted molar refractivity (Wildman–Crippen MR) is 123 cm³/mol. The molecule has 2 aromatic heterocycles. The molecule has 3 aromatic rings. The van der Waals surface area contributed by atoms with Crippen molar-refractivity contribution in [1.29, 1.82) is 0 Å². The van der Waals surface area contributed by atoms with E-state index in [-0.39, 0.29) is 22.5 Å². The summed E-state index contributed by atoms with van der Waals surface area (Å²) in [6, 6.07) is 10.3. The van der Waals surface area contributed by atoms with Crippen molar-refractivity contribution in [2.75, 3.05) is 10.0 Å². The van der Waals surface area contributed by atoms with Gasteiger partial charge >= 0.3 is 0 Å². The van der Waals surface area contributed by atoms with E-state index in [1.165, 1.54) is 17.5 Å². The number of rotatable bonds is 6. The lowest BCUT2D eigenvalue weighted by Gasteiger charge is -2.11. The molecule has 1 saturated carbocycles. The first kappa shape index (κ1) is 21.5. The SMILES string of the molecule is Cc1ccc(-c2sc(NC(=O)C3CCCC3)nc2C)cc1S(=O)(=O)Nc1ccccn1. The van der Waals surface area contributed by atoms with Crippen molar-refractivity contribution in [3.05, 3.63) is 53.9 Å². The van der Waals surface area contributed by atoms with Gasteiger partial charge in [0.2, 0.25) is 5.91 Å². The molecule has 1 aromatic carbocycles. The van der Waals surface area contributed by atoms with Gasteiger partial charge in [0, 0.05) is 12.1 Å². The molecule has 0 bridgehead atoms. The van der Waals surface area contributed by atoms with Gasteiger partial charge in [-0.25, -0.2) is 18.4 Å². The minimum absolute atomic E-state index is 0.0181. The molecular formula is C22H24N4O3S2. The highest BCUT2D eigenvalue weighted by Crippen LogP contribution is 2.35. The molecule has 1 amide bonds. The quantitative estimate of drug-likeness (QED) is 0.557. The maximum absolute atomic E-state index is 13.0. The van der Waals surface area contributed by atoms with Gasteiger partial charge in [-0.3, -0.25) is 9.52 Å². The normalized spacial score (nSPS) is 14.5. The topological polar surface area (TPSA) is 101 Å². The zero-order valence-electron chi connectivity index (χ0n) is 17.4. The number of sulfonamides is 1. The van der Waals surface area contributed by atoms with Gasteiger partial charge in [-0.1, -0.05) is 42.4 Å². The van der Waals surface area contributed by atoms with Crippen molar-refractivity contribution in [3.63, 3.8) is 0 Å². The molecular weight excluding hydrogens is 432 g/mol. The number of hydrogen-bond donors (Lipinski definition) is 2. The molecule has 4 rings (SSSR count). The van der Waals surface area contributed by atoms with Crippen LogP contribution in [0.15, 0.2) is 47.5 Å². The highest BCUT2D eigenvalue weighted by Gasteiger charge is 2.24. The number of amides is 1. The predicted octanol–water partition coefficient (Wildman–Crippen LogP) is 4.75. The van der Waals surface area contributed by atoms with Crippen molar-refractivity contribution in [3.8, 4) is 10.4 Å². The van der Waals surface area contributed by atoms with Crippen LogP contribution in [0.3, 0.4) is 0 Å². The number of carbonyl (C=O) groups excluding carboxylic acids is 1. The highest BCUT2D eigenvalue weighted by atomic mass is 32.2. The summed E-state index contributed by atoms with van der Waals surface area (Å²) >= 11 is 1.36. The van der Waals surface area contributed by atoms with E-state index in [0.717, 1.165) is 41.8 Å². The number of pyridine rings is 1. The first-order valence-electron chi connectivity index (χ1n) is 10.2. The molecule has 7 nitrogen and oxygen atoms in total. The number of aryl methyl sites for hydroxylation is 2. The van der Waals surface area contributed by atoms with E-state index in [9.17, 15) is 13.2 Å². The molecule has 2 N–H and O–H groups in total. The average Bonchev–Trinajstić information content (AvgIpc) is 3.39. The molecule has 1 aliphatic rings. The van der Waals surface area contributed by atoms with Gasteiger partial charge in [-0.05, 0) is 56.0 Å². The summed E-state index contributed by atoms with van der Waals surface area (Å²) in [5, 5.41) is 3.48. The number of thiazole rings is 1. The molecule has 9 heteroatoms. The second-order valence-electron chi connectivity index (χ2n) is 7.70. The number of hydrogen-bond acceptors (Lipinski definition) is 6. The standard InChI is InChI=1S/C22H24N4O3S2/c1-14-10-11-17(13-18(14)31(28,29)26-19-9-5-6-12-23-19)20-15(2)24-22(30-20)25-21(27)16-7-3-4-8-16/h5-6,9-13,16H,3-4,7-8H2,1-2H3,(H,23,26)(H,24,25,27). The second-order valence-corrected chi connectivity index (χ2v) is 10.4. The highest BCUT2D eigenvalue weighted by molar-refractivity contribution is 7.92. The van der Waals surface area contributed by atoms with Crippen molar-refractivity contribution >= 4 is 38.2 Å². The Hall–Kier alpha value is -2.78. The van der Waals surface area contributed by atoms with Crippen LogP contribution >= 0.6 is 11.3 Å². The maximum atomic E-state index is 13.0. The zero-order valence-corrected chi connectivity index (χ0v) is 19.0. The van der Waals surface area contributed by atoms with Crippen LogP contribution in [0.1, 0.15) is 36.9 Å². The average molecular weight is 457 g/mol. The Kier molecular flexibility index (Phi) is 6.06. The van der Waals surface area contributed by atoms with E-state index < -0.39 is 10.0 Å². The third-order valence-electron chi connectivity index (χ3n) is 5.40. The number of benzene rings is 1. The van der Waals surface area contributed by atoms with Gasteiger partial charge < -0.3 is 5.32 Å². The van der Waals surface area contributed by atoms with E-state index in [1.54, 1.807) is 37.3 Å². The second kappa shape index (κ2) is 8.76. The third-order valence-corrected chi connectivity index (χ3v) is 8.02. The largest absolute Gasteiger partial charge is 0.302 e. The van der Waals surface area contributed by atoms with Gasteiger partial charge in [-0.15, -0.1) is 0 Å². The van der Waals surface area contributed by atoms with E-state index in [1.807, 2.05) is 13.0 Å². The molecule has 1 fully saturated rings. The summed E-state index contributed by atoms with van der Waals surface area (Å²) < 4.78 is 28.5. The Bertz CT molecular complexity index is 1200. The molecule has 0 unspecified atom stereocenters. The summed E-state index contributed by atoms with van der Waals surface area (Å²) in [6.45, 7) is 3.61. The third kappa shape index (κ3) is 4.77. The van der Waals surface area contributed by atoms with Crippen molar-refractivity contribution in [2.45, 2.75) is 44.4 Å². The summed E-state index contributed by atoms with van der Waals surface area (Å²) in [5.41, 5.74) is 2.11. The summed E-state index contributed by atoms with van der Waals surface area (Å²) in [5.74, 6) is 0.337. The van der Waals surface area contributed by atoms with E-state index in [4.69, 9.17) is 0 Å². The van der Waals surface area contributed by atoms with Crippen LogP contribution in [0, 0.1) is 19.8 Å². The summed E-state index contributed by atoms with van der Waals surface area (Å²) in [7, 11) is -3.81. The lowest BCUT2D eigenvalue weighted by atomic mass is 10.1. The lowest BCUT2D eigenvalue weighted by molar-refractivity contribution is -0.119. The fourth-order valence-corrected chi connectivity index (χ4v) is 6.01. The number of carbonyl (C=O) groups is 1. The number of anilines is 2. The van der Waals surface area contributed by atoms with Gasteiger partial charge in [0.15, 0.2) is 5.13 Å². The molecule has 2 heterocycles. The van der Waals surface area contributed by atoms with Crippen molar-refractivity contribution < 1.29 is 13.2 Å². The van der Waals surface area contributed by atoms with Crippen LogP contribution in [0.5, 0.6) is 0 Å². The Labute approximate surface area is 186 Å². The minimum atomic E-state index is -3.81. The van der Waals surface area contributed by atoms with Crippen LogP contribution in [-0.2, 0) is 14.8 Å². The Balaban J connectivity index is 1.61. The van der Waals surface area contributed by atoms with Crippen LogP contribution in [0.25, 0.3) is 10.4 Å². The number of aromatic nitrogens is 2. The number of nitrogens with one attached hydrogen (secondary N) is 2. The molecule has 0 aliphatic heterocycles. The number of nitrogens with zero attached hydrogens (tertiary/aromatic N) is 2. The fraction of sp³-hybridized carbons (Fsp3) is 0.318. The van der Waals surface area contributed by atoms with Gasteiger partial charge in [0.25, 0.3) is 10.0 Å². The molecule has 31 heavy (non-hydrogen) atoms. The Morgan fingerprint density at radius 1 is 1.13 bits per heavy atom. The Morgan fingerprint density at radius 3 is 2.61 bits per heavy atom. The smallest absolute Gasteiger partial charge is 0.263 e. The van der Waals surface area contributed by atoms with Gasteiger partial charge in [0.05, 0.1) is 15.5 Å². The monoisotopic (exact) mass is 456 g/mol. The van der Waals surface area contributed by atoms with Crippen LogP contribution in [-0.4, -0.2) is 24.3 Å². The molecule has 162 valence electrons. The van der Waals surface area contributed by atoms with Crippen molar-refractivity contribution in [2.24, 2.45) is 5.92 Å².